The molecule has 0 atom stereocenters. The number of alkyl halides is 6. The molecule has 0 aliphatic carbocycles. The zero-order valence-corrected chi connectivity index (χ0v) is 11.0. The molecule has 0 unspecified atom stereocenters. The Hall–Kier alpha value is -2.02. The molecular formula is C15H10F6O. The smallest absolute Gasteiger partial charge is 0.369 e. The van der Waals surface area contributed by atoms with Crippen molar-refractivity contribution in [3.05, 3.63) is 54.1 Å². The van der Waals surface area contributed by atoms with Crippen molar-refractivity contribution in [2.45, 2.75) is 18.0 Å². The molecule has 1 N–H and O–H groups in total. The van der Waals surface area contributed by atoms with Crippen LogP contribution in [0, 0.1) is 0 Å². The molecule has 118 valence electrons. The van der Waals surface area contributed by atoms with Crippen LogP contribution in [0.15, 0.2) is 43.0 Å². The van der Waals surface area contributed by atoms with Gasteiger partial charge in [0.25, 0.3) is 5.60 Å². The summed E-state index contributed by atoms with van der Waals surface area (Å²) >= 11 is 0. The lowest BCUT2D eigenvalue weighted by Gasteiger charge is -2.33. The first-order chi connectivity index (χ1) is 10.0. The maximum absolute atomic E-state index is 13.0. The Balaban J connectivity index is 2.91. The zero-order chi connectivity index (χ0) is 16.8. The highest BCUT2D eigenvalue weighted by Gasteiger charge is 2.71. The molecule has 22 heavy (non-hydrogen) atoms. The number of rotatable bonds is 2. The second-order valence-corrected chi connectivity index (χ2v) is 4.66. The van der Waals surface area contributed by atoms with Crippen LogP contribution in [-0.2, 0) is 5.60 Å². The maximum atomic E-state index is 13.0. The first-order valence-corrected chi connectivity index (χ1v) is 6.04. The van der Waals surface area contributed by atoms with E-state index in [2.05, 4.69) is 6.58 Å². The Morgan fingerprint density at radius 2 is 1.32 bits per heavy atom. The summed E-state index contributed by atoms with van der Waals surface area (Å²) in [7, 11) is 0. The van der Waals surface area contributed by atoms with Crippen LogP contribution in [0.5, 0.6) is 0 Å². The van der Waals surface area contributed by atoms with E-state index in [4.69, 9.17) is 0 Å². The van der Waals surface area contributed by atoms with E-state index in [0.717, 1.165) is 12.1 Å². The first-order valence-electron chi connectivity index (χ1n) is 6.04. The predicted octanol–water partition coefficient (Wildman–Crippen LogP) is 4.80. The van der Waals surface area contributed by atoms with Crippen LogP contribution in [0.25, 0.3) is 16.8 Å². The molecule has 2 aromatic rings. The summed E-state index contributed by atoms with van der Waals surface area (Å²) in [6.45, 7) is 3.46. The summed E-state index contributed by atoms with van der Waals surface area (Å²) in [5.41, 5.74) is -5.83. The van der Waals surface area contributed by atoms with Gasteiger partial charge in [-0.05, 0) is 16.3 Å². The van der Waals surface area contributed by atoms with Gasteiger partial charge in [-0.2, -0.15) is 26.3 Å². The molecule has 0 amide bonds. The third kappa shape index (κ3) is 2.25. The van der Waals surface area contributed by atoms with Gasteiger partial charge in [0, 0.05) is 5.56 Å². The summed E-state index contributed by atoms with van der Waals surface area (Å²) in [5.74, 6) is 0. The average Bonchev–Trinajstić information content (AvgIpc) is 2.42. The first kappa shape index (κ1) is 16.4. The molecule has 0 aromatic heterocycles. The molecule has 2 rings (SSSR count). The van der Waals surface area contributed by atoms with Gasteiger partial charge in [-0.1, -0.05) is 49.1 Å². The molecule has 0 saturated carbocycles. The monoisotopic (exact) mass is 320 g/mol. The van der Waals surface area contributed by atoms with E-state index in [9.17, 15) is 31.4 Å². The number of halogens is 6. The van der Waals surface area contributed by atoms with Gasteiger partial charge in [-0.15, -0.1) is 0 Å². The zero-order valence-electron chi connectivity index (χ0n) is 11.0. The van der Waals surface area contributed by atoms with E-state index in [-0.39, 0.29) is 10.8 Å². The molecule has 0 bridgehead atoms. The van der Waals surface area contributed by atoms with Gasteiger partial charge >= 0.3 is 12.4 Å². The Bertz CT molecular complexity index is 700. The second kappa shape index (κ2) is 5.01. The van der Waals surface area contributed by atoms with Gasteiger partial charge in [-0.25, -0.2) is 0 Å². The Morgan fingerprint density at radius 3 is 1.82 bits per heavy atom. The second-order valence-electron chi connectivity index (χ2n) is 4.66. The van der Waals surface area contributed by atoms with Crippen LogP contribution >= 0.6 is 0 Å². The van der Waals surface area contributed by atoms with Crippen molar-refractivity contribution in [3.63, 3.8) is 0 Å². The molecule has 0 spiro atoms. The van der Waals surface area contributed by atoms with Crippen molar-refractivity contribution in [1.29, 1.82) is 0 Å². The lowest BCUT2D eigenvalue weighted by molar-refractivity contribution is -0.375. The summed E-state index contributed by atoms with van der Waals surface area (Å²) in [5, 5.41) is 9.35. The lowest BCUT2D eigenvalue weighted by atomic mass is 9.87. The highest BCUT2D eigenvalue weighted by molar-refractivity contribution is 5.93. The van der Waals surface area contributed by atoms with E-state index in [1.54, 1.807) is 0 Å². The minimum absolute atomic E-state index is 0.141. The molecule has 2 aromatic carbocycles. The SMILES string of the molecule is C=Cc1cccc2c(C(O)(C(F)(F)F)C(F)(F)F)cccc12. The standard InChI is InChI=1S/C15H10F6O/c1-2-9-5-3-7-11-10(9)6-4-8-12(11)13(22,14(16,17)18)15(19,20)21/h2-8,22H,1H2. The lowest BCUT2D eigenvalue weighted by Crippen LogP contribution is -2.54. The van der Waals surface area contributed by atoms with Crippen molar-refractivity contribution >= 4 is 16.8 Å². The van der Waals surface area contributed by atoms with E-state index in [1.165, 1.54) is 24.3 Å². The van der Waals surface area contributed by atoms with Crippen molar-refractivity contribution in [3.8, 4) is 0 Å². The van der Waals surface area contributed by atoms with E-state index in [1.807, 2.05) is 0 Å². The van der Waals surface area contributed by atoms with Gasteiger partial charge in [0.15, 0.2) is 0 Å². The van der Waals surface area contributed by atoms with Gasteiger partial charge in [-0.3, -0.25) is 0 Å². The normalized spacial score (nSPS) is 13.4. The number of aliphatic hydroxyl groups is 1. The summed E-state index contributed by atoms with van der Waals surface area (Å²) in [6.07, 6.45) is -10.5. The molecule has 0 fully saturated rings. The van der Waals surface area contributed by atoms with Crippen LogP contribution in [0.2, 0.25) is 0 Å². The van der Waals surface area contributed by atoms with Crippen molar-refractivity contribution in [2.24, 2.45) is 0 Å². The van der Waals surface area contributed by atoms with Gasteiger partial charge in [0.05, 0.1) is 0 Å². The van der Waals surface area contributed by atoms with Crippen molar-refractivity contribution in [2.75, 3.05) is 0 Å². The Kier molecular flexibility index (Phi) is 3.73. The molecule has 0 aliphatic heterocycles. The van der Waals surface area contributed by atoms with Crippen LogP contribution in [0.3, 0.4) is 0 Å². The summed E-state index contributed by atoms with van der Waals surface area (Å²) < 4.78 is 78.0. The number of benzene rings is 2. The predicted molar refractivity (Wildman–Crippen MR) is 70.0 cm³/mol. The van der Waals surface area contributed by atoms with Gasteiger partial charge in [0.1, 0.15) is 0 Å². The summed E-state index contributed by atoms with van der Waals surface area (Å²) in [4.78, 5) is 0. The molecule has 0 aliphatic rings. The Morgan fingerprint density at radius 1 is 0.818 bits per heavy atom. The fraction of sp³-hybridized carbons (Fsp3) is 0.200. The minimum atomic E-state index is -5.91. The quantitative estimate of drug-likeness (QED) is 0.789. The molecule has 0 heterocycles. The fourth-order valence-electron chi connectivity index (χ4n) is 2.29. The molecule has 7 heteroatoms. The number of hydrogen-bond acceptors (Lipinski definition) is 1. The highest BCUT2D eigenvalue weighted by atomic mass is 19.4. The van der Waals surface area contributed by atoms with Crippen LogP contribution in [0.1, 0.15) is 11.1 Å². The number of hydrogen-bond donors (Lipinski definition) is 1. The van der Waals surface area contributed by atoms with Crippen LogP contribution in [0.4, 0.5) is 26.3 Å². The molecule has 1 nitrogen and oxygen atoms in total. The van der Waals surface area contributed by atoms with Crippen LogP contribution < -0.4 is 0 Å². The number of fused-ring (bicyclic) bond motifs is 1. The fourth-order valence-corrected chi connectivity index (χ4v) is 2.29. The molecular weight excluding hydrogens is 310 g/mol. The van der Waals surface area contributed by atoms with Crippen molar-refractivity contribution < 1.29 is 31.4 Å². The van der Waals surface area contributed by atoms with E-state index in [0.29, 0.717) is 11.6 Å². The highest BCUT2D eigenvalue weighted by Crippen LogP contribution is 2.51. The van der Waals surface area contributed by atoms with E-state index < -0.39 is 23.5 Å². The van der Waals surface area contributed by atoms with Crippen molar-refractivity contribution in [1.82, 2.24) is 0 Å². The molecule has 0 radical (unpaired) electrons. The van der Waals surface area contributed by atoms with E-state index >= 15 is 0 Å². The average molecular weight is 320 g/mol. The van der Waals surface area contributed by atoms with Gasteiger partial charge < -0.3 is 5.11 Å². The third-order valence-electron chi connectivity index (χ3n) is 3.39. The van der Waals surface area contributed by atoms with Gasteiger partial charge in [0.2, 0.25) is 0 Å². The maximum Gasteiger partial charge on any atom is 0.430 e. The Labute approximate surface area is 121 Å². The molecule has 0 saturated heterocycles. The minimum Gasteiger partial charge on any atom is -0.369 e. The largest absolute Gasteiger partial charge is 0.430 e. The topological polar surface area (TPSA) is 20.2 Å². The van der Waals surface area contributed by atoms with Crippen LogP contribution in [-0.4, -0.2) is 17.5 Å². The summed E-state index contributed by atoms with van der Waals surface area (Å²) in [6, 6.07) is 6.92. The third-order valence-corrected chi connectivity index (χ3v) is 3.39.